The summed E-state index contributed by atoms with van der Waals surface area (Å²) in [4.78, 5) is 23.9. The van der Waals surface area contributed by atoms with Crippen LogP contribution in [0.2, 0.25) is 0 Å². The summed E-state index contributed by atoms with van der Waals surface area (Å²) in [6.07, 6.45) is 6.88. The van der Waals surface area contributed by atoms with Crippen molar-refractivity contribution in [1.82, 2.24) is 0 Å². The summed E-state index contributed by atoms with van der Waals surface area (Å²) in [5.41, 5.74) is 1.21. The smallest absolute Gasteiger partial charge is 0.170 e. The van der Waals surface area contributed by atoms with Gasteiger partial charge in [-0.1, -0.05) is 56.0 Å². The molecule has 1 aromatic rings. The van der Waals surface area contributed by atoms with E-state index in [4.69, 9.17) is 0 Å². The molecule has 0 aromatic heterocycles. The lowest BCUT2D eigenvalue weighted by Gasteiger charge is -2.18. The number of rotatable bonds is 10. The molecule has 0 bridgehead atoms. The third-order valence-electron chi connectivity index (χ3n) is 4.74. The van der Waals surface area contributed by atoms with Crippen LogP contribution in [0.25, 0.3) is 0 Å². The van der Waals surface area contributed by atoms with Gasteiger partial charge in [0.05, 0.1) is 0 Å². The maximum atomic E-state index is 12.1. The molecule has 4 nitrogen and oxygen atoms in total. The summed E-state index contributed by atoms with van der Waals surface area (Å²) in [5, 5.41) is 19.3. The summed E-state index contributed by atoms with van der Waals surface area (Å²) in [6, 6.07) is 10.5. The van der Waals surface area contributed by atoms with Gasteiger partial charge >= 0.3 is 0 Å². The number of benzene rings is 1. The Morgan fingerprint density at radius 1 is 1.00 bits per heavy atom. The van der Waals surface area contributed by atoms with E-state index in [1.54, 1.807) is 0 Å². The second-order valence-corrected chi connectivity index (χ2v) is 6.77. The number of carbonyl (C=O) groups is 2. The van der Waals surface area contributed by atoms with E-state index < -0.39 is 11.9 Å². The molecule has 1 aliphatic rings. The van der Waals surface area contributed by atoms with E-state index in [0.29, 0.717) is 0 Å². The Balaban J connectivity index is 1.57. The van der Waals surface area contributed by atoms with Crippen LogP contribution in [0.5, 0.6) is 0 Å². The minimum atomic E-state index is -1.07. The van der Waals surface area contributed by atoms with E-state index in [0.717, 1.165) is 32.1 Å². The van der Waals surface area contributed by atoms with Gasteiger partial charge in [0.15, 0.2) is 11.6 Å². The Hall–Kier alpha value is -1.94. The highest BCUT2D eigenvalue weighted by Crippen LogP contribution is 2.23. The highest BCUT2D eigenvalue weighted by atomic mass is 16.3. The first-order valence-corrected chi connectivity index (χ1v) is 9.31. The first-order valence-electron chi connectivity index (χ1n) is 9.31. The molecular formula is C21H28O4. The fourth-order valence-electron chi connectivity index (χ4n) is 3.23. The number of unbranched alkanes of at least 4 members (excludes halogenated alkanes) is 5. The molecule has 0 spiro atoms. The largest absolute Gasteiger partial charge is 0.509 e. The van der Waals surface area contributed by atoms with E-state index in [1.165, 1.54) is 18.4 Å². The molecule has 2 N–H and O–H groups in total. The van der Waals surface area contributed by atoms with E-state index in [9.17, 15) is 19.8 Å². The zero-order valence-electron chi connectivity index (χ0n) is 14.7. The number of aliphatic hydroxyl groups excluding tert-OH is 2. The monoisotopic (exact) mass is 344 g/mol. The normalized spacial score (nSPS) is 17.8. The Bertz CT molecular complexity index is 604. The summed E-state index contributed by atoms with van der Waals surface area (Å²) >= 11 is 0. The van der Waals surface area contributed by atoms with Crippen LogP contribution in [-0.4, -0.2) is 27.9 Å². The second kappa shape index (κ2) is 10.1. The minimum Gasteiger partial charge on any atom is -0.509 e. The zero-order chi connectivity index (χ0) is 18.1. The minimum absolute atomic E-state index is 0.133. The molecular weight excluding hydrogens is 316 g/mol. The maximum Gasteiger partial charge on any atom is 0.170 e. The standard InChI is InChI=1S/C21H28O4/c22-17(20-18(23)14-15-19(24)21(20)25)13-9-4-2-1-3-6-10-16-11-7-5-8-12-16/h5,7-8,11-12,19,24-25H,1-4,6,9-10,13-15H2/t19-/m1/s1. The number of Topliss-reactive ketones (excluding diaryl/α,β-unsaturated/α-hetero) is 2. The van der Waals surface area contributed by atoms with Crippen LogP contribution in [-0.2, 0) is 16.0 Å². The summed E-state index contributed by atoms with van der Waals surface area (Å²) in [6.45, 7) is 0. The van der Waals surface area contributed by atoms with Crippen LogP contribution in [0, 0.1) is 0 Å². The number of carbonyl (C=O) groups excluding carboxylic acids is 2. The summed E-state index contributed by atoms with van der Waals surface area (Å²) in [7, 11) is 0. The molecule has 0 saturated heterocycles. The third-order valence-corrected chi connectivity index (χ3v) is 4.74. The fraction of sp³-hybridized carbons (Fsp3) is 0.524. The number of hydrogen-bond acceptors (Lipinski definition) is 4. The van der Waals surface area contributed by atoms with Gasteiger partial charge in [0.1, 0.15) is 17.4 Å². The van der Waals surface area contributed by atoms with E-state index in [-0.39, 0.29) is 36.4 Å². The Labute approximate surface area is 149 Å². The SMILES string of the molecule is O=C(CCCCCCCCc1ccccc1)C1=C(O)[C@H](O)CCC1=O. The van der Waals surface area contributed by atoms with Crippen molar-refractivity contribution in [1.29, 1.82) is 0 Å². The van der Waals surface area contributed by atoms with Gasteiger partial charge in [0.25, 0.3) is 0 Å². The van der Waals surface area contributed by atoms with Gasteiger partial charge in [0, 0.05) is 12.8 Å². The number of hydrogen-bond donors (Lipinski definition) is 2. The lowest BCUT2D eigenvalue weighted by molar-refractivity contribution is -0.123. The first kappa shape index (κ1) is 19.4. The molecule has 0 amide bonds. The van der Waals surface area contributed by atoms with Gasteiger partial charge in [-0.3, -0.25) is 9.59 Å². The van der Waals surface area contributed by atoms with E-state index >= 15 is 0 Å². The van der Waals surface area contributed by atoms with Gasteiger partial charge < -0.3 is 10.2 Å². The molecule has 4 heteroatoms. The number of ketones is 2. The van der Waals surface area contributed by atoms with Crippen LogP contribution < -0.4 is 0 Å². The van der Waals surface area contributed by atoms with Crippen molar-refractivity contribution in [3.05, 3.63) is 47.2 Å². The Kier molecular flexibility index (Phi) is 7.86. The van der Waals surface area contributed by atoms with Crippen molar-refractivity contribution in [2.24, 2.45) is 0 Å². The molecule has 1 atom stereocenters. The molecule has 0 heterocycles. The fourth-order valence-corrected chi connectivity index (χ4v) is 3.23. The van der Waals surface area contributed by atoms with Crippen LogP contribution >= 0.6 is 0 Å². The van der Waals surface area contributed by atoms with Crippen molar-refractivity contribution < 1.29 is 19.8 Å². The van der Waals surface area contributed by atoms with Crippen LogP contribution in [0.15, 0.2) is 41.7 Å². The quantitative estimate of drug-likeness (QED) is 0.496. The highest BCUT2D eigenvalue weighted by molar-refractivity contribution is 6.21. The van der Waals surface area contributed by atoms with Gasteiger partial charge in [-0.25, -0.2) is 0 Å². The van der Waals surface area contributed by atoms with E-state index in [2.05, 4.69) is 24.3 Å². The third kappa shape index (κ3) is 6.13. The average molecular weight is 344 g/mol. The summed E-state index contributed by atoms with van der Waals surface area (Å²) in [5.74, 6) is -1.10. The molecule has 25 heavy (non-hydrogen) atoms. The lowest BCUT2D eigenvalue weighted by Crippen LogP contribution is -2.27. The number of aliphatic hydroxyl groups is 2. The van der Waals surface area contributed by atoms with Crippen molar-refractivity contribution in [2.45, 2.75) is 70.3 Å². The first-order chi connectivity index (χ1) is 12.1. The van der Waals surface area contributed by atoms with Gasteiger partial charge in [-0.05, 0) is 31.2 Å². The zero-order valence-corrected chi connectivity index (χ0v) is 14.7. The highest BCUT2D eigenvalue weighted by Gasteiger charge is 2.30. The van der Waals surface area contributed by atoms with Crippen LogP contribution in [0.3, 0.4) is 0 Å². The Morgan fingerprint density at radius 2 is 1.64 bits per heavy atom. The van der Waals surface area contributed by atoms with Crippen molar-refractivity contribution in [3.63, 3.8) is 0 Å². The average Bonchev–Trinajstić information content (AvgIpc) is 2.61. The van der Waals surface area contributed by atoms with Gasteiger partial charge in [-0.15, -0.1) is 0 Å². The van der Waals surface area contributed by atoms with Crippen molar-refractivity contribution in [3.8, 4) is 0 Å². The molecule has 2 rings (SSSR count). The molecule has 0 radical (unpaired) electrons. The van der Waals surface area contributed by atoms with E-state index in [1.807, 2.05) is 6.07 Å². The molecule has 0 saturated carbocycles. The molecule has 0 unspecified atom stereocenters. The lowest BCUT2D eigenvalue weighted by atomic mass is 9.89. The van der Waals surface area contributed by atoms with Gasteiger partial charge in [0.2, 0.25) is 0 Å². The molecule has 136 valence electrons. The molecule has 1 aliphatic carbocycles. The molecule has 1 aromatic carbocycles. The second-order valence-electron chi connectivity index (χ2n) is 6.77. The number of aryl methyl sites for hydroxylation is 1. The predicted molar refractivity (Wildman–Crippen MR) is 97.4 cm³/mol. The predicted octanol–water partition coefficient (Wildman–Crippen LogP) is 4.06. The topological polar surface area (TPSA) is 74.6 Å². The number of allylic oxidation sites excluding steroid dienone is 1. The molecule has 0 aliphatic heterocycles. The van der Waals surface area contributed by atoms with Gasteiger partial charge in [-0.2, -0.15) is 0 Å². The van der Waals surface area contributed by atoms with Crippen LogP contribution in [0.4, 0.5) is 0 Å². The Morgan fingerprint density at radius 3 is 2.36 bits per heavy atom. The van der Waals surface area contributed by atoms with Crippen molar-refractivity contribution >= 4 is 11.6 Å². The molecule has 0 fully saturated rings. The summed E-state index contributed by atoms with van der Waals surface area (Å²) < 4.78 is 0. The van der Waals surface area contributed by atoms with Crippen LogP contribution in [0.1, 0.15) is 63.4 Å². The van der Waals surface area contributed by atoms with Crippen molar-refractivity contribution in [2.75, 3.05) is 0 Å². The maximum absolute atomic E-state index is 12.1.